The summed E-state index contributed by atoms with van der Waals surface area (Å²) in [5.74, 6) is -0.230. The number of rotatable bonds is 5. The lowest BCUT2D eigenvalue weighted by Crippen LogP contribution is -2.50. The highest BCUT2D eigenvalue weighted by molar-refractivity contribution is 7.92. The molecule has 0 heterocycles. The number of aryl methyl sites for hydroxylation is 2. The molecular formula is C18H28N2O3S. The van der Waals surface area contributed by atoms with E-state index in [1.54, 1.807) is 19.1 Å². The summed E-state index contributed by atoms with van der Waals surface area (Å²) >= 11 is 0. The van der Waals surface area contributed by atoms with Gasteiger partial charge in [0.15, 0.2) is 0 Å². The summed E-state index contributed by atoms with van der Waals surface area (Å²) in [7, 11) is -3.56. The highest BCUT2D eigenvalue weighted by Crippen LogP contribution is 2.24. The summed E-state index contributed by atoms with van der Waals surface area (Å²) in [5.41, 5.74) is 2.48. The van der Waals surface area contributed by atoms with Gasteiger partial charge >= 0.3 is 0 Å². The van der Waals surface area contributed by atoms with Gasteiger partial charge in [0.2, 0.25) is 15.9 Å². The van der Waals surface area contributed by atoms with E-state index >= 15 is 0 Å². The Balaban J connectivity index is 2.25. The Morgan fingerprint density at radius 3 is 2.17 bits per heavy atom. The van der Waals surface area contributed by atoms with Gasteiger partial charge in [-0.15, -0.1) is 0 Å². The molecule has 0 saturated heterocycles. The number of hydrogen-bond donors (Lipinski definition) is 1. The number of nitrogens with zero attached hydrogens (tertiary/aromatic N) is 1. The molecular weight excluding hydrogens is 324 g/mol. The van der Waals surface area contributed by atoms with E-state index in [-0.39, 0.29) is 11.9 Å². The molecule has 1 aliphatic rings. The summed E-state index contributed by atoms with van der Waals surface area (Å²) < 4.78 is 25.9. The van der Waals surface area contributed by atoms with Crippen LogP contribution < -0.4 is 9.62 Å². The second-order valence-corrected chi connectivity index (χ2v) is 8.78. The van der Waals surface area contributed by atoms with Crippen LogP contribution in [0.15, 0.2) is 18.2 Å². The molecule has 0 unspecified atom stereocenters. The maximum Gasteiger partial charge on any atom is 0.243 e. The molecule has 2 rings (SSSR count). The third kappa shape index (κ3) is 4.72. The fourth-order valence-electron chi connectivity index (χ4n) is 3.46. The lowest BCUT2D eigenvalue weighted by atomic mass is 9.95. The van der Waals surface area contributed by atoms with Crippen LogP contribution in [0.2, 0.25) is 0 Å². The summed E-state index contributed by atoms with van der Waals surface area (Å²) in [4.78, 5) is 12.6. The molecule has 1 saturated carbocycles. The number of amides is 1. The summed E-state index contributed by atoms with van der Waals surface area (Å²) in [6, 6.07) is 4.98. The predicted octanol–water partition coefficient (Wildman–Crippen LogP) is 2.91. The van der Waals surface area contributed by atoms with Crippen LogP contribution in [-0.4, -0.2) is 32.7 Å². The van der Waals surface area contributed by atoms with Gasteiger partial charge in [-0.25, -0.2) is 8.42 Å². The number of carbonyl (C=O) groups excluding carboxylic acids is 1. The Kier molecular flexibility index (Phi) is 5.91. The Labute approximate surface area is 145 Å². The van der Waals surface area contributed by atoms with Gasteiger partial charge in [-0.05, 0) is 56.9 Å². The molecule has 0 aliphatic heterocycles. The minimum absolute atomic E-state index is 0.161. The van der Waals surface area contributed by atoms with Crippen molar-refractivity contribution in [2.45, 2.75) is 65.0 Å². The maximum absolute atomic E-state index is 12.6. The highest BCUT2D eigenvalue weighted by Gasteiger charge is 2.30. The lowest BCUT2D eigenvalue weighted by molar-refractivity contribution is -0.122. The molecule has 0 bridgehead atoms. The fourth-order valence-corrected chi connectivity index (χ4v) is 4.61. The number of sulfonamides is 1. The third-order valence-electron chi connectivity index (χ3n) is 4.50. The average Bonchev–Trinajstić information content (AvgIpc) is 2.45. The zero-order valence-corrected chi connectivity index (χ0v) is 15.8. The summed E-state index contributed by atoms with van der Waals surface area (Å²) in [5, 5.41) is 3.03. The van der Waals surface area contributed by atoms with Gasteiger partial charge in [0.1, 0.15) is 6.04 Å². The molecule has 0 radical (unpaired) electrons. The first-order chi connectivity index (χ1) is 11.2. The minimum atomic E-state index is -3.56. The smallest absolute Gasteiger partial charge is 0.243 e. The first-order valence-electron chi connectivity index (χ1n) is 8.56. The molecule has 1 N–H and O–H groups in total. The normalized spacial score (nSPS) is 17.3. The van der Waals surface area contributed by atoms with Crippen LogP contribution in [0.25, 0.3) is 0 Å². The summed E-state index contributed by atoms with van der Waals surface area (Å²) in [6.45, 7) is 5.49. The van der Waals surface area contributed by atoms with E-state index in [9.17, 15) is 13.2 Å². The number of nitrogens with one attached hydrogen (secondary N) is 1. The van der Waals surface area contributed by atoms with Gasteiger partial charge < -0.3 is 5.32 Å². The molecule has 1 amide bonds. The molecule has 1 atom stereocenters. The molecule has 0 aromatic heterocycles. The standard InChI is InChI=1S/C18H28N2O3S/c1-13-10-14(2)12-17(11-13)20(24(4,22)23)15(3)18(21)19-16-8-6-5-7-9-16/h10-12,15-16H,5-9H2,1-4H3,(H,19,21)/t15-/m1/s1. The van der Waals surface area contributed by atoms with E-state index in [2.05, 4.69) is 5.32 Å². The van der Waals surface area contributed by atoms with E-state index < -0.39 is 16.1 Å². The highest BCUT2D eigenvalue weighted by atomic mass is 32.2. The van der Waals surface area contributed by atoms with Gasteiger partial charge in [-0.3, -0.25) is 9.10 Å². The second kappa shape index (κ2) is 7.55. The van der Waals surface area contributed by atoms with Crippen molar-refractivity contribution in [2.24, 2.45) is 0 Å². The van der Waals surface area contributed by atoms with Crippen LogP contribution in [0.4, 0.5) is 5.69 Å². The topological polar surface area (TPSA) is 66.5 Å². The number of anilines is 1. The van der Waals surface area contributed by atoms with Gasteiger partial charge in [0.25, 0.3) is 0 Å². The molecule has 1 aliphatic carbocycles. The van der Waals surface area contributed by atoms with E-state index in [0.29, 0.717) is 5.69 Å². The van der Waals surface area contributed by atoms with Gasteiger partial charge in [0, 0.05) is 6.04 Å². The van der Waals surface area contributed by atoms with E-state index in [1.807, 2.05) is 19.9 Å². The third-order valence-corrected chi connectivity index (χ3v) is 5.74. The second-order valence-electron chi connectivity index (χ2n) is 6.92. The number of carbonyl (C=O) groups is 1. The Morgan fingerprint density at radius 1 is 1.12 bits per heavy atom. The van der Waals surface area contributed by atoms with E-state index in [1.165, 1.54) is 10.7 Å². The van der Waals surface area contributed by atoms with Crippen molar-refractivity contribution in [3.8, 4) is 0 Å². The lowest BCUT2D eigenvalue weighted by Gasteiger charge is -2.31. The quantitative estimate of drug-likeness (QED) is 0.886. The van der Waals surface area contributed by atoms with Crippen LogP contribution >= 0.6 is 0 Å². The Morgan fingerprint density at radius 2 is 1.67 bits per heavy atom. The van der Waals surface area contributed by atoms with Crippen LogP contribution in [0.5, 0.6) is 0 Å². The molecule has 5 nitrogen and oxygen atoms in total. The van der Waals surface area contributed by atoms with Crippen molar-refractivity contribution in [3.63, 3.8) is 0 Å². The van der Waals surface area contributed by atoms with Crippen molar-refractivity contribution < 1.29 is 13.2 Å². The molecule has 24 heavy (non-hydrogen) atoms. The molecule has 1 aromatic rings. The molecule has 1 aromatic carbocycles. The molecule has 134 valence electrons. The summed E-state index contributed by atoms with van der Waals surface area (Å²) in [6.07, 6.45) is 6.54. The number of hydrogen-bond acceptors (Lipinski definition) is 3. The molecule has 6 heteroatoms. The zero-order valence-electron chi connectivity index (χ0n) is 15.0. The first kappa shape index (κ1) is 18.8. The van der Waals surface area contributed by atoms with E-state index in [0.717, 1.165) is 43.1 Å². The largest absolute Gasteiger partial charge is 0.352 e. The average molecular weight is 353 g/mol. The minimum Gasteiger partial charge on any atom is -0.352 e. The van der Waals surface area contributed by atoms with Crippen molar-refractivity contribution >= 4 is 21.6 Å². The van der Waals surface area contributed by atoms with Crippen molar-refractivity contribution in [1.82, 2.24) is 5.32 Å². The van der Waals surface area contributed by atoms with Gasteiger partial charge in [-0.1, -0.05) is 25.3 Å². The van der Waals surface area contributed by atoms with Crippen LogP contribution in [0.3, 0.4) is 0 Å². The first-order valence-corrected chi connectivity index (χ1v) is 10.4. The SMILES string of the molecule is Cc1cc(C)cc(N([C@H](C)C(=O)NC2CCCCC2)S(C)(=O)=O)c1. The molecule has 0 spiro atoms. The number of benzene rings is 1. The van der Waals surface area contributed by atoms with Crippen molar-refractivity contribution in [3.05, 3.63) is 29.3 Å². The van der Waals surface area contributed by atoms with Crippen molar-refractivity contribution in [1.29, 1.82) is 0 Å². The van der Waals surface area contributed by atoms with Crippen LogP contribution in [-0.2, 0) is 14.8 Å². The maximum atomic E-state index is 12.6. The van der Waals surface area contributed by atoms with Crippen LogP contribution in [0.1, 0.15) is 50.2 Å². The van der Waals surface area contributed by atoms with Crippen molar-refractivity contribution in [2.75, 3.05) is 10.6 Å². The molecule has 1 fully saturated rings. The monoisotopic (exact) mass is 352 g/mol. The van der Waals surface area contributed by atoms with Crippen LogP contribution in [0, 0.1) is 13.8 Å². The van der Waals surface area contributed by atoms with Gasteiger partial charge in [-0.2, -0.15) is 0 Å². The predicted molar refractivity (Wildman–Crippen MR) is 97.7 cm³/mol. The Bertz CT molecular complexity index is 674. The zero-order chi connectivity index (χ0) is 17.9. The fraction of sp³-hybridized carbons (Fsp3) is 0.611. The van der Waals surface area contributed by atoms with Gasteiger partial charge in [0.05, 0.1) is 11.9 Å². The Hall–Kier alpha value is -1.56. The van der Waals surface area contributed by atoms with E-state index in [4.69, 9.17) is 0 Å².